The Morgan fingerprint density at radius 1 is 1.45 bits per heavy atom. The summed E-state index contributed by atoms with van der Waals surface area (Å²) in [6, 6.07) is 3.49. The van der Waals surface area contributed by atoms with E-state index in [0.29, 0.717) is 10.7 Å². The lowest BCUT2D eigenvalue weighted by molar-refractivity contribution is -0.141. The van der Waals surface area contributed by atoms with Crippen molar-refractivity contribution in [1.82, 2.24) is 9.88 Å². The monoisotopic (exact) mass is 293 g/mol. The molecular weight excluding hydrogens is 274 g/mol. The zero-order chi connectivity index (χ0) is 14.7. The van der Waals surface area contributed by atoms with Gasteiger partial charge in [0.1, 0.15) is 5.03 Å². The third-order valence-corrected chi connectivity index (χ3v) is 4.72. The van der Waals surface area contributed by atoms with Crippen molar-refractivity contribution < 1.29 is 9.59 Å². The molecule has 2 N–H and O–H groups in total. The van der Waals surface area contributed by atoms with Gasteiger partial charge in [-0.05, 0) is 25.0 Å². The van der Waals surface area contributed by atoms with Gasteiger partial charge >= 0.3 is 0 Å². The minimum Gasteiger partial charge on any atom is -0.397 e. The smallest absolute Gasteiger partial charge is 0.243 e. The topological polar surface area (TPSA) is 76.3 Å². The van der Waals surface area contributed by atoms with Crippen LogP contribution in [0.3, 0.4) is 0 Å². The summed E-state index contributed by atoms with van der Waals surface area (Å²) in [6.07, 6.45) is 3.45. The zero-order valence-electron chi connectivity index (χ0n) is 11.7. The largest absolute Gasteiger partial charge is 0.397 e. The first kappa shape index (κ1) is 14.8. The molecule has 0 aromatic carbocycles. The maximum absolute atomic E-state index is 12.4. The van der Waals surface area contributed by atoms with Crippen LogP contribution in [0.5, 0.6) is 0 Å². The molecular formula is C14H19N3O2S. The van der Waals surface area contributed by atoms with E-state index < -0.39 is 5.25 Å². The molecule has 20 heavy (non-hydrogen) atoms. The Balaban J connectivity index is 2.14. The van der Waals surface area contributed by atoms with Crippen LogP contribution in [0.4, 0.5) is 5.69 Å². The van der Waals surface area contributed by atoms with E-state index in [0.717, 1.165) is 12.8 Å². The molecule has 1 fully saturated rings. The molecule has 1 saturated heterocycles. The maximum atomic E-state index is 12.4. The molecule has 6 heteroatoms. The number of likely N-dealkylation sites (tertiary alicyclic amines) is 1. The number of rotatable bonds is 5. The fourth-order valence-electron chi connectivity index (χ4n) is 2.39. The van der Waals surface area contributed by atoms with Gasteiger partial charge in [-0.3, -0.25) is 14.5 Å². The number of hydrogen-bond acceptors (Lipinski definition) is 5. The number of nitrogen functional groups attached to an aromatic ring is 1. The van der Waals surface area contributed by atoms with Crippen LogP contribution in [0.15, 0.2) is 23.4 Å². The lowest BCUT2D eigenvalue weighted by atomic mass is 10.1. The molecule has 0 bridgehead atoms. The third-order valence-electron chi connectivity index (χ3n) is 3.50. The van der Waals surface area contributed by atoms with Crippen LogP contribution in [0.2, 0.25) is 0 Å². The third kappa shape index (κ3) is 2.80. The van der Waals surface area contributed by atoms with Gasteiger partial charge in [-0.15, -0.1) is 0 Å². The summed E-state index contributed by atoms with van der Waals surface area (Å²) < 4.78 is 0. The summed E-state index contributed by atoms with van der Waals surface area (Å²) in [6.45, 7) is 3.98. The summed E-state index contributed by atoms with van der Waals surface area (Å²) in [4.78, 5) is 30.1. The molecule has 2 rings (SSSR count). The van der Waals surface area contributed by atoms with Crippen LogP contribution in [0.25, 0.3) is 0 Å². The first-order chi connectivity index (χ1) is 9.58. The number of anilines is 1. The fraction of sp³-hybridized carbons (Fsp3) is 0.500. The van der Waals surface area contributed by atoms with Crippen LogP contribution < -0.4 is 5.73 Å². The Morgan fingerprint density at radius 2 is 2.15 bits per heavy atom. The van der Waals surface area contributed by atoms with E-state index in [2.05, 4.69) is 4.98 Å². The van der Waals surface area contributed by atoms with Crippen molar-refractivity contribution in [3.05, 3.63) is 18.3 Å². The SMILES string of the molecule is CCC(CC)N1C(=O)CC(Sc2ncccc2N)C1=O. The van der Waals surface area contributed by atoms with E-state index in [1.807, 2.05) is 13.8 Å². The number of nitrogens with zero attached hydrogens (tertiary/aromatic N) is 2. The molecule has 1 aliphatic heterocycles. The van der Waals surface area contributed by atoms with Gasteiger partial charge in [0.25, 0.3) is 0 Å². The van der Waals surface area contributed by atoms with Gasteiger partial charge < -0.3 is 5.73 Å². The number of carbonyl (C=O) groups excluding carboxylic acids is 2. The minimum absolute atomic E-state index is 0.00156. The fourth-order valence-corrected chi connectivity index (χ4v) is 3.42. The molecule has 2 amide bonds. The average molecular weight is 293 g/mol. The Labute approximate surface area is 122 Å². The predicted octanol–water partition coefficient (Wildman–Crippen LogP) is 2.07. The summed E-state index contributed by atoms with van der Waals surface area (Å²) in [7, 11) is 0. The molecule has 0 radical (unpaired) electrons. The summed E-state index contributed by atoms with van der Waals surface area (Å²) >= 11 is 1.28. The van der Waals surface area contributed by atoms with Crippen molar-refractivity contribution in [1.29, 1.82) is 0 Å². The molecule has 2 heterocycles. The molecule has 1 atom stereocenters. The molecule has 1 aromatic heterocycles. The summed E-state index contributed by atoms with van der Waals surface area (Å²) in [5.41, 5.74) is 6.37. The van der Waals surface area contributed by atoms with E-state index in [9.17, 15) is 9.59 Å². The van der Waals surface area contributed by atoms with Gasteiger partial charge in [-0.25, -0.2) is 4.98 Å². The second-order valence-electron chi connectivity index (χ2n) is 4.78. The zero-order valence-corrected chi connectivity index (χ0v) is 12.5. The number of nitrogens with two attached hydrogens (primary N) is 1. The van der Waals surface area contributed by atoms with Crippen molar-refractivity contribution in [2.24, 2.45) is 0 Å². The predicted molar refractivity (Wildman–Crippen MR) is 79.1 cm³/mol. The number of thioether (sulfide) groups is 1. The molecule has 0 saturated carbocycles. The molecule has 108 valence electrons. The highest BCUT2D eigenvalue weighted by atomic mass is 32.2. The van der Waals surface area contributed by atoms with Gasteiger partial charge in [0.15, 0.2) is 0 Å². The standard InChI is InChI=1S/C14H19N3O2S/c1-3-9(4-2)17-12(18)8-11(14(17)19)20-13-10(15)6-5-7-16-13/h5-7,9,11H,3-4,8,15H2,1-2H3. The normalized spacial score (nSPS) is 19.1. The van der Waals surface area contributed by atoms with Crippen molar-refractivity contribution in [3.63, 3.8) is 0 Å². The highest BCUT2D eigenvalue weighted by Gasteiger charge is 2.42. The average Bonchev–Trinajstić information content (AvgIpc) is 2.71. The number of amides is 2. The van der Waals surface area contributed by atoms with Crippen molar-refractivity contribution in [2.45, 2.75) is 49.4 Å². The van der Waals surface area contributed by atoms with Crippen molar-refractivity contribution in [2.75, 3.05) is 5.73 Å². The molecule has 1 aliphatic rings. The van der Waals surface area contributed by atoms with Gasteiger partial charge in [0, 0.05) is 18.7 Å². The molecule has 0 spiro atoms. The van der Waals surface area contributed by atoms with E-state index >= 15 is 0 Å². The van der Waals surface area contributed by atoms with Gasteiger partial charge in [-0.1, -0.05) is 25.6 Å². The first-order valence-electron chi connectivity index (χ1n) is 6.81. The van der Waals surface area contributed by atoms with Crippen LogP contribution in [-0.4, -0.2) is 33.0 Å². The Morgan fingerprint density at radius 3 is 2.75 bits per heavy atom. The lowest BCUT2D eigenvalue weighted by Gasteiger charge is -2.24. The van der Waals surface area contributed by atoms with Crippen LogP contribution >= 0.6 is 11.8 Å². The number of aromatic nitrogens is 1. The van der Waals surface area contributed by atoms with Gasteiger partial charge in [0.05, 0.1) is 10.9 Å². The van der Waals surface area contributed by atoms with Crippen LogP contribution in [0, 0.1) is 0 Å². The minimum atomic E-state index is -0.403. The summed E-state index contributed by atoms with van der Waals surface area (Å²) in [5, 5.41) is 0.213. The van der Waals surface area contributed by atoms with E-state index in [4.69, 9.17) is 5.73 Å². The number of carbonyl (C=O) groups is 2. The number of imide groups is 1. The molecule has 5 nitrogen and oxygen atoms in total. The van der Waals surface area contributed by atoms with E-state index in [1.54, 1.807) is 18.3 Å². The lowest BCUT2D eigenvalue weighted by Crippen LogP contribution is -2.40. The second-order valence-corrected chi connectivity index (χ2v) is 5.97. The highest BCUT2D eigenvalue weighted by molar-refractivity contribution is 8.00. The summed E-state index contributed by atoms with van der Waals surface area (Å²) in [5.74, 6) is -0.200. The first-order valence-corrected chi connectivity index (χ1v) is 7.69. The van der Waals surface area contributed by atoms with Crippen molar-refractivity contribution >= 4 is 29.3 Å². The van der Waals surface area contributed by atoms with Crippen LogP contribution in [0.1, 0.15) is 33.1 Å². The quantitative estimate of drug-likeness (QED) is 0.841. The Kier molecular flexibility index (Phi) is 4.65. The maximum Gasteiger partial charge on any atom is 0.243 e. The van der Waals surface area contributed by atoms with Crippen LogP contribution in [-0.2, 0) is 9.59 Å². The number of pyridine rings is 1. The Bertz CT molecular complexity index is 517. The second kappa shape index (κ2) is 6.26. The number of hydrogen-bond donors (Lipinski definition) is 1. The molecule has 0 aliphatic carbocycles. The molecule has 1 aromatic rings. The van der Waals surface area contributed by atoms with Gasteiger partial charge in [0.2, 0.25) is 11.8 Å². The Hall–Kier alpha value is -1.56. The van der Waals surface area contributed by atoms with E-state index in [1.165, 1.54) is 16.7 Å². The van der Waals surface area contributed by atoms with Crippen molar-refractivity contribution in [3.8, 4) is 0 Å². The molecule has 1 unspecified atom stereocenters. The van der Waals surface area contributed by atoms with Gasteiger partial charge in [-0.2, -0.15) is 0 Å². The van der Waals surface area contributed by atoms with E-state index in [-0.39, 0.29) is 24.3 Å². The highest BCUT2D eigenvalue weighted by Crippen LogP contribution is 2.34.